The third-order valence-corrected chi connectivity index (χ3v) is 4.71. The Hall–Kier alpha value is -2.62. The number of nitrogens with zero attached hydrogens (tertiary/aromatic N) is 2. The van der Waals surface area contributed by atoms with Gasteiger partial charge in [-0.15, -0.1) is 0 Å². The number of hydrogen-bond acceptors (Lipinski definition) is 4. The molecule has 0 spiro atoms. The highest BCUT2D eigenvalue weighted by Crippen LogP contribution is 2.38. The van der Waals surface area contributed by atoms with E-state index in [-0.39, 0.29) is 6.10 Å². The SMILES string of the molecule is CC(C)Oc1ccc(-c2nc(-c3cccc4c3CCC4C)no2)cc1. The molecule has 0 saturated carbocycles. The van der Waals surface area contributed by atoms with E-state index in [2.05, 4.69) is 35.3 Å². The van der Waals surface area contributed by atoms with Gasteiger partial charge in [-0.3, -0.25) is 0 Å². The van der Waals surface area contributed by atoms with Gasteiger partial charge in [0.1, 0.15) is 5.75 Å². The molecule has 1 aliphatic rings. The lowest BCUT2D eigenvalue weighted by Crippen LogP contribution is -2.05. The molecule has 0 fully saturated rings. The predicted octanol–water partition coefficient (Wildman–Crippen LogP) is 5.24. The second-order valence-corrected chi connectivity index (χ2v) is 6.93. The lowest BCUT2D eigenvalue weighted by atomic mass is 9.99. The first-order valence-corrected chi connectivity index (χ1v) is 8.85. The highest BCUT2D eigenvalue weighted by molar-refractivity contribution is 5.66. The number of hydrogen-bond donors (Lipinski definition) is 0. The van der Waals surface area contributed by atoms with Crippen molar-refractivity contribution < 1.29 is 9.26 Å². The van der Waals surface area contributed by atoms with Crippen molar-refractivity contribution in [3.05, 3.63) is 53.6 Å². The molecule has 128 valence electrons. The summed E-state index contributed by atoms with van der Waals surface area (Å²) in [6, 6.07) is 14.2. The van der Waals surface area contributed by atoms with Crippen LogP contribution in [-0.2, 0) is 6.42 Å². The summed E-state index contributed by atoms with van der Waals surface area (Å²) < 4.78 is 11.2. The van der Waals surface area contributed by atoms with Crippen molar-refractivity contribution in [1.29, 1.82) is 0 Å². The van der Waals surface area contributed by atoms with Crippen LogP contribution in [-0.4, -0.2) is 16.2 Å². The van der Waals surface area contributed by atoms with Gasteiger partial charge in [0.15, 0.2) is 0 Å². The summed E-state index contributed by atoms with van der Waals surface area (Å²) in [7, 11) is 0. The molecule has 1 atom stereocenters. The van der Waals surface area contributed by atoms with Crippen LogP contribution in [0.3, 0.4) is 0 Å². The fraction of sp³-hybridized carbons (Fsp3) is 0.333. The molecular formula is C21H22N2O2. The van der Waals surface area contributed by atoms with E-state index in [9.17, 15) is 0 Å². The van der Waals surface area contributed by atoms with E-state index in [1.54, 1.807) is 0 Å². The Morgan fingerprint density at radius 3 is 2.68 bits per heavy atom. The smallest absolute Gasteiger partial charge is 0.258 e. The van der Waals surface area contributed by atoms with Crippen LogP contribution in [0, 0.1) is 0 Å². The Morgan fingerprint density at radius 1 is 1.12 bits per heavy atom. The van der Waals surface area contributed by atoms with E-state index in [0.717, 1.165) is 23.3 Å². The van der Waals surface area contributed by atoms with Crippen LogP contribution in [0.5, 0.6) is 5.75 Å². The van der Waals surface area contributed by atoms with Gasteiger partial charge in [-0.1, -0.05) is 30.3 Å². The van der Waals surface area contributed by atoms with Crippen LogP contribution in [0.15, 0.2) is 47.0 Å². The van der Waals surface area contributed by atoms with Crippen LogP contribution < -0.4 is 4.74 Å². The quantitative estimate of drug-likeness (QED) is 0.654. The molecule has 0 aliphatic heterocycles. The zero-order valence-electron chi connectivity index (χ0n) is 14.8. The van der Waals surface area contributed by atoms with Crippen molar-refractivity contribution in [3.63, 3.8) is 0 Å². The lowest BCUT2D eigenvalue weighted by Gasteiger charge is -2.09. The Kier molecular flexibility index (Phi) is 4.04. The lowest BCUT2D eigenvalue weighted by molar-refractivity contribution is 0.242. The molecular weight excluding hydrogens is 312 g/mol. The molecule has 1 aliphatic carbocycles. The van der Waals surface area contributed by atoms with E-state index in [1.165, 1.54) is 17.5 Å². The van der Waals surface area contributed by atoms with Crippen LogP contribution >= 0.6 is 0 Å². The maximum Gasteiger partial charge on any atom is 0.258 e. The van der Waals surface area contributed by atoms with E-state index in [0.29, 0.717) is 17.6 Å². The van der Waals surface area contributed by atoms with Crippen LogP contribution in [0.25, 0.3) is 22.8 Å². The normalized spacial score (nSPS) is 16.2. The topological polar surface area (TPSA) is 48.2 Å². The van der Waals surface area contributed by atoms with E-state index in [4.69, 9.17) is 9.26 Å². The first-order chi connectivity index (χ1) is 12.1. The maximum atomic E-state index is 5.67. The van der Waals surface area contributed by atoms with Gasteiger partial charge in [0, 0.05) is 11.1 Å². The number of fused-ring (bicyclic) bond motifs is 1. The van der Waals surface area contributed by atoms with Crippen molar-refractivity contribution in [2.45, 2.75) is 45.6 Å². The minimum atomic E-state index is 0.156. The van der Waals surface area contributed by atoms with Gasteiger partial charge in [-0.25, -0.2) is 0 Å². The second kappa shape index (κ2) is 6.36. The number of ether oxygens (including phenoxy) is 1. The molecule has 1 unspecified atom stereocenters. The summed E-state index contributed by atoms with van der Waals surface area (Å²) >= 11 is 0. The molecule has 0 bridgehead atoms. The van der Waals surface area contributed by atoms with Crippen molar-refractivity contribution >= 4 is 0 Å². The Balaban J connectivity index is 1.63. The molecule has 4 rings (SSSR count). The summed E-state index contributed by atoms with van der Waals surface area (Å²) in [5.74, 6) is 2.65. The summed E-state index contributed by atoms with van der Waals surface area (Å²) in [5.41, 5.74) is 4.77. The van der Waals surface area contributed by atoms with Crippen molar-refractivity contribution in [1.82, 2.24) is 10.1 Å². The van der Waals surface area contributed by atoms with E-state index < -0.39 is 0 Å². The molecule has 4 heteroatoms. The van der Waals surface area contributed by atoms with E-state index in [1.807, 2.05) is 38.1 Å². The fourth-order valence-corrected chi connectivity index (χ4v) is 3.47. The van der Waals surface area contributed by atoms with Gasteiger partial charge in [0.2, 0.25) is 5.82 Å². The summed E-state index contributed by atoms with van der Waals surface area (Å²) in [6.07, 6.45) is 2.43. The monoisotopic (exact) mass is 334 g/mol. The molecule has 0 saturated heterocycles. The molecule has 1 heterocycles. The van der Waals surface area contributed by atoms with Gasteiger partial charge in [-0.05, 0) is 68.0 Å². The minimum absolute atomic E-state index is 0.156. The predicted molar refractivity (Wildman–Crippen MR) is 97.7 cm³/mol. The average molecular weight is 334 g/mol. The molecule has 25 heavy (non-hydrogen) atoms. The van der Waals surface area contributed by atoms with Gasteiger partial charge in [-0.2, -0.15) is 4.98 Å². The Labute approximate surface area is 147 Å². The third-order valence-electron chi connectivity index (χ3n) is 4.71. The van der Waals surface area contributed by atoms with Gasteiger partial charge >= 0.3 is 0 Å². The van der Waals surface area contributed by atoms with Crippen LogP contribution in [0.1, 0.15) is 44.2 Å². The third kappa shape index (κ3) is 3.04. The van der Waals surface area contributed by atoms with E-state index >= 15 is 0 Å². The molecule has 0 N–H and O–H groups in total. The van der Waals surface area contributed by atoms with Gasteiger partial charge in [0.05, 0.1) is 6.10 Å². The fourth-order valence-electron chi connectivity index (χ4n) is 3.47. The van der Waals surface area contributed by atoms with Crippen molar-refractivity contribution in [2.75, 3.05) is 0 Å². The number of rotatable bonds is 4. The zero-order chi connectivity index (χ0) is 17.4. The average Bonchev–Trinajstić information content (AvgIpc) is 3.23. The van der Waals surface area contributed by atoms with Crippen LogP contribution in [0.2, 0.25) is 0 Å². The molecule has 0 amide bonds. The first-order valence-electron chi connectivity index (χ1n) is 8.85. The highest BCUT2D eigenvalue weighted by Gasteiger charge is 2.23. The Morgan fingerprint density at radius 2 is 1.92 bits per heavy atom. The van der Waals surface area contributed by atoms with Crippen molar-refractivity contribution in [3.8, 4) is 28.6 Å². The standard InChI is InChI=1S/C21H22N2O2/c1-13(2)24-16-10-8-15(9-11-16)21-22-20(23-25-21)19-6-4-5-17-14(3)7-12-18(17)19/h4-6,8-11,13-14H,7,12H2,1-3H3. The first kappa shape index (κ1) is 15.9. The molecule has 0 radical (unpaired) electrons. The summed E-state index contributed by atoms with van der Waals surface area (Å²) in [4.78, 5) is 4.63. The largest absolute Gasteiger partial charge is 0.491 e. The molecule has 1 aromatic heterocycles. The highest BCUT2D eigenvalue weighted by atomic mass is 16.5. The van der Waals surface area contributed by atoms with Gasteiger partial charge in [0.25, 0.3) is 5.89 Å². The van der Waals surface area contributed by atoms with Crippen molar-refractivity contribution in [2.24, 2.45) is 0 Å². The van der Waals surface area contributed by atoms with Crippen LogP contribution in [0.4, 0.5) is 0 Å². The minimum Gasteiger partial charge on any atom is -0.491 e. The maximum absolute atomic E-state index is 5.67. The molecule has 2 aromatic carbocycles. The number of benzene rings is 2. The molecule has 4 nitrogen and oxygen atoms in total. The summed E-state index contributed by atoms with van der Waals surface area (Å²) in [6.45, 7) is 6.30. The number of aromatic nitrogens is 2. The summed E-state index contributed by atoms with van der Waals surface area (Å²) in [5, 5.41) is 4.22. The zero-order valence-corrected chi connectivity index (χ0v) is 14.8. The second-order valence-electron chi connectivity index (χ2n) is 6.93. The Bertz CT molecular complexity index is 881. The van der Waals surface area contributed by atoms with Gasteiger partial charge < -0.3 is 9.26 Å². The molecule has 3 aromatic rings.